The van der Waals surface area contributed by atoms with Crippen LogP contribution in [0.3, 0.4) is 0 Å². The average molecular weight is 252 g/mol. The highest BCUT2D eigenvalue weighted by Gasteiger charge is 2.58. The number of hydrogen-bond acceptors (Lipinski definition) is 4. The largest absolute Gasteiger partial charge is 0.347 e. The van der Waals surface area contributed by atoms with E-state index in [0.717, 1.165) is 32.3 Å². The van der Waals surface area contributed by atoms with Crippen molar-refractivity contribution in [3.8, 4) is 0 Å². The van der Waals surface area contributed by atoms with Gasteiger partial charge in [0.15, 0.2) is 5.79 Å². The minimum atomic E-state index is -0.162. The molecule has 0 aromatic rings. The summed E-state index contributed by atoms with van der Waals surface area (Å²) in [7, 11) is 0. The number of piperazine rings is 1. The topological polar surface area (TPSA) is 33.7 Å². The lowest BCUT2D eigenvalue weighted by molar-refractivity contribution is -0.230. The van der Waals surface area contributed by atoms with Crippen molar-refractivity contribution >= 4 is 0 Å². The predicted molar refractivity (Wildman–Crippen MR) is 68.3 cm³/mol. The molecular weight excluding hydrogens is 228 g/mol. The van der Waals surface area contributed by atoms with E-state index in [2.05, 4.69) is 10.2 Å². The molecular formula is C14H24N2O2. The van der Waals surface area contributed by atoms with Crippen LogP contribution in [0, 0.1) is 11.8 Å². The van der Waals surface area contributed by atoms with Gasteiger partial charge in [-0.1, -0.05) is 0 Å². The van der Waals surface area contributed by atoms with Gasteiger partial charge >= 0.3 is 0 Å². The highest BCUT2D eigenvalue weighted by Crippen LogP contribution is 2.54. The van der Waals surface area contributed by atoms with Gasteiger partial charge in [-0.25, -0.2) is 0 Å². The summed E-state index contributed by atoms with van der Waals surface area (Å²) in [6, 6.07) is 0.781. The Morgan fingerprint density at radius 3 is 2.17 bits per heavy atom. The van der Waals surface area contributed by atoms with E-state index in [1.54, 1.807) is 0 Å². The van der Waals surface area contributed by atoms with Crippen LogP contribution in [0.5, 0.6) is 0 Å². The Bertz CT molecular complexity index is 295. The van der Waals surface area contributed by atoms with Gasteiger partial charge in [0.05, 0.1) is 13.2 Å². The van der Waals surface area contributed by atoms with E-state index in [4.69, 9.17) is 9.47 Å². The van der Waals surface area contributed by atoms with Crippen LogP contribution in [-0.2, 0) is 9.47 Å². The summed E-state index contributed by atoms with van der Waals surface area (Å²) < 4.78 is 12.1. The second-order valence-electron chi connectivity index (χ2n) is 6.30. The van der Waals surface area contributed by atoms with Gasteiger partial charge in [-0.15, -0.1) is 0 Å². The maximum absolute atomic E-state index is 6.05. The molecule has 0 radical (unpaired) electrons. The van der Waals surface area contributed by atoms with Gasteiger partial charge in [-0.3, -0.25) is 4.90 Å². The normalized spacial score (nSPS) is 43.7. The molecule has 0 aromatic heterocycles. The van der Waals surface area contributed by atoms with Crippen LogP contribution in [0.25, 0.3) is 0 Å². The number of nitrogens with zero attached hydrogens (tertiary/aromatic N) is 1. The number of ether oxygens (including phenoxy) is 2. The monoisotopic (exact) mass is 252 g/mol. The van der Waals surface area contributed by atoms with Gasteiger partial charge in [0.25, 0.3) is 0 Å². The molecule has 4 heteroatoms. The third-order valence-corrected chi connectivity index (χ3v) is 5.52. The maximum atomic E-state index is 6.05. The second kappa shape index (κ2) is 4.44. The van der Waals surface area contributed by atoms with E-state index in [1.165, 1.54) is 38.8 Å². The molecule has 4 fully saturated rings. The van der Waals surface area contributed by atoms with Crippen molar-refractivity contribution in [2.75, 3.05) is 39.4 Å². The molecule has 2 atom stereocenters. The lowest BCUT2D eigenvalue weighted by Crippen LogP contribution is -2.55. The molecule has 2 saturated carbocycles. The van der Waals surface area contributed by atoms with E-state index < -0.39 is 0 Å². The smallest absolute Gasteiger partial charge is 0.174 e. The second-order valence-corrected chi connectivity index (χ2v) is 6.30. The molecule has 2 aliphatic carbocycles. The molecule has 4 nitrogen and oxygen atoms in total. The number of rotatable bonds is 1. The lowest BCUT2D eigenvalue weighted by Gasteiger charge is -2.46. The Hall–Kier alpha value is -0.160. The highest BCUT2D eigenvalue weighted by molar-refractivity contribution is 5.03. The van der Waals surface area contributed by atoms with E-state index in [-0.39, 0.29) is 5.79 Å². The summed E-state index contributed by atoms with van der Waals surface area (Å²) in [6.45, 7) is 6.38. The summed E-state index contributed by atoms with van der Waals surface area (Å²) in [4.78, 5) is 2.70. The molecule has 0 aromatic carbocycles. The van der Waals surface area contributed by atoms with E-state index >= 15 is 0 Å². The minimum Gasteiger partial charge on any atom is -0.347 e. The van der Waals surface area contributed by atoms with Gasteiger partial charge in [0.1, 0.15) is 0 Å². The SMILES string of the molecule is C1CN(C2CC3CCC(C2)C32OCCO2)CCN1. The van der Waals surface area contributed by atoms with Crippen molar-refractivity contribution in [3.63, 3.8) is 0 Å². The molecule has 4 rings (SSSR count). The van der Waals surface area contributed by atoms with Gasteiger partial charge in [0.2, 0.25) is 0 Å². The van der Waals surface area contributed by atoms with E-state index in [9.17, 15) is 0 Å². The first-order valence-corrected chi connectivity index (χ1v) is 7.61. The Balaban J connectivity index is 1.49. The predicted octanol–water partition coefficient (Wildman–Crippen LogP) is 0.823. The Kier molecular flexibility index (Phi) is 2.87. The summed E-state index contributed by atoms with van der Waals surface area (Å²) in [5.41, 5.74) is 0. The highest BCUT2D eigenvalue weighted by atomic mass is 16.7. The van der Waals surface area contributed by atoms with Crippen molar-refractivity contribution in [3.05, 3.63) is 0 Å². The Morgan fingerprint density at radius 1 is 0.944 bits per heavy atom. The third-order valence-electron chi connectivity index (χ3n) is 5.52. The molecule has 2 bridgehead atoms. The molecule has 2 aliphatic heterocycles. The summed E-state index contributed by atoms with van der Waals surface area (Å²) in [5, 5.41) is 3.45. The summed E-state index contributed by atoms with van der Waals surface area (Å²) >= 11 is 0. The summed E-state index contributed by atoms with van der Waals surface area (Å²) in [6.07, 6.45) is 5.20. The molecule has 4 aliphatic rings. The lowest BCUT2D eigenvalue weighted by atomic mass is 9.79. The van der Waals surface area contributed by atoms with Gasteiger partial charge < -0.3 is 14.8 Å². The minimum absolute atomic E-state index is 0.162. The summed E-state index contributed by atoms with van der Waals surface area (Å²) in [5.74, 6) is 1.14. The molecule has 0 amide bonds. The number of nitrogens with one attached hydrogen (secondary N) is 1. The molecule has 2 unspecified atom stereocenters. The molecule has 2 saturated heterocycles. The quantitative estimate of drug-likeness (QED) is 0.749. The zero-order valence-corrected chi connectivity index (χ0v) is 11.1. The van der Waals surface area contributed by atoms with Crippen molar-refractivity contribution in [1.82, 2.24) is 10.2 Å². The van der Waals surface area contributed by atoms with Crippen molar-refractivity contribution in [2.24, 2.45) is 11.8 Å². The molecule has 18 heavy (non-hydrogen) atoms. The van der Waals surface area contributed by atoms with Crippen molar-refractivity contribution in [1.29, 1.82) is 0 Å². The molecule has 1 N–H and O–H groups in total. The zero-order chi connectivity index (χ0) is 12.0. The maximum Gasteiger partial charge on any atom is 0.174 e. The standard InChI is InChI=1S/C14H24N2O2/c1-2-12-10-13(16-5-3-15-4-6-16)9-11(1)14(12)17-7-8-18-14/h11-13,15H,1-10H2. The fourth-order valence-electron chi connectivity index (χ4n) is 4.72. The fourth-order valence-corrected chi connectivity index (χ4v) is 4.72. The third kappa shape index (κ3) is 1.66. The van der Waals surface area contributed by atoms with Crippen molar-refractivity contribution < 1.29 is 9.47 Å². The van der Waals surface area contributed by atoms with Crippen LogP contribution < -0.4 is 5.32 Å². The van der Waals surface area contributed by atoms with Gasteiger partial charge in [-0.2, -0.15) is 0 Å². The molecule has 1 spiro atoms. The van der Waals surface area contributed by atoms with Crippen LogP contribution in [0.4, 0.5) is 0 Å². The van der Waals surface area contributed by atoms with Crippen LogP contribution in [0.1, 0.15) is 25.7 Å². The fraction of sp³-hybridized carbons (Fsp3) is 1.00. The average Bonchev–Trinajstić information content (AvgIpc) is 2.95. The van der Waals surface area contributed by atoms with E-state index in [1.807, 2.05) is 0 Å². The first-order valence-electron chi connectivity index (χ1n) is 7.61. The zero-order valence-electron chi connectivity index (χ0n) is 11.1. The van der Waals surface area contributed by atoms with Gasteiger partial charge in [-0.05, 0) is 25.7 Å². The van der Waals surface area contributed by atoms with Crippen LogP contribution >= 0.6 is 0 Å². The van der Waals surface area contributed by atoms with E-state index in [0.29, 0.717) is 11.8 Å². The van der Waals surface area contributed by atoms with Crippen LogP contribution in [0.2, 0.25) is 0 Å². The molecule has 102 valence electrons. The van der Waals surface area contributed by atoms with Crippen LogP contribution in [-0.4, -0.2) is 56.1 Å². The Morgan fingerprint density at radius 2 is 1.56 bits per heavy atom. The molecule has 2 heterocycles. The van der Waals surface area contributed by atoms with Gasteiger partial charge in [0, 0.05) is 44.1 Å². The van der Waals surface area contributed by atoms with Crippen molar-refractivity contribution in [2.45, 2.75) is 37.5 Å². The van der Waals surface area contributed by atoms with Crippen LogP contribution in [0.15, 0.2) is 0 Å². The Labute approximate surface area is 109 Å². The number of hydrogen-bond donors (Lipinski definition) is 1. The first-order chi connectivity index (χ1) is 8.88. The first kappa shape index (κ1) is 11.6.